The molecule has 2 heterocycles. The summed E-state index contributed by atoms with van der Waals surface area (Å²) in [7, 11) is 0. The predicted molar refractivity (Wildman–Crippen MR) is 136 cm³/mol. The summed E-state index contributed by atoms with van der Waals surface area (Å²) in [6.07, 6.45) is 12.3. The summed E-state index contributed by atoms with van der Waals surface area (Å²) in [6.45, 7) is 2.29. The van der Waals surface area contributed by atoms with Crippen molar-refractivity contribution in [3.63, 3.8) is 0 Å². The molecule has 2 heteroatoms. The van der Waals surface area contributed by atoms with Gasteiger partial charge >= 0.3 is 0 Å². The van der Waals surface area contributed by atoms with Crippen molar-refractivity contribution >= 4 is 42.8 Å². The summed E-state index contributed by atoms with van der Waals surface area (Å²) in [4.78, 5) is 2.68. The van der Waals surface area contributed by atoms with E-state index in [1.54, 1.807) is 11.3 Å². The molecule has 0 fully saturated rings. The summed E-state index contributed by atoms with van der Waals surface area (Å²) >= 11 is 3.78. The number of hydrogen-bond donors (Lipinski definition) is 0. The van der Waals surface area contributed by atoms with Crippen LogP contribution in [0.2, 0.25) is 0 Å². The third-order valence-corrected chi connectivity index (χ3v) is 7.76. The van der Waals surface area contributed by atoms with Crippen LogP contribution in [0.15, 0.2) is 54.6 Å². The molecule has 0 aliphatic carbocycles. The number of thiophene rings is 2. The predicted octanol–water partition coefficient (Wildman–Crippen LogP) is 9.20. The van der Waals surface area contributed by atoms with Crippen LogP contribution in [-0.4, -0.2) is 0 Å². The van der Waals surface area contributed by atoms with Crippen molar-refractivity contribution in [1.82, 2.24) is 0 Å². The Kier molecular flexibility index (Phi) is 7.62. The zero-order valence-electron chi connectivity index (χ0n) is 17.9. The molecule has 0 bridgehead atoms. The summed E-state index contributed by atoms with van der Waals surface area (Å²) < 4.78 is 2.76. The highest BCUT2D eigenvalue weighted by Gasteiger charge is 2.07. The highest BCUT2D eigenvalue weighted by atomic mass is 32.1. The van der Waals surface area contributed by atoms with Crippen LogP contribution in [0.1, 0.15) is 73.6 Å². The highest BCUT2D eigenvalue weighted by Crippen LogP contribution is 2.34. The van der Waals surface area contributed by atoms with Gasteiger partial charge in [-0.05, 0) is 60.0 Å². The number of aryl methyl sites for hydroxylation is 1. The van der Waals surface area contributed by atoms with Crippen molar-refractivity contribution in [3.8, 4) is 11.8 Å². The van der Waals surface area contributed by atoms with Crippen molar-refractivity contribution in [3.05, 3.63) is 69.9 Å². The fraction of sp³-hybridized carbons (Fsp3) is 0.357. The standard InChI is InChI=1S/C28H30S2/c1-2-3-4-5-6-7-8-12-15-25-18-23-20-28-24(21-27(23)29-25)19-26(30-28)17-16-22-13-10-9-11-14-22/h9-11,13-14,18-21H,2-8,12,15H2,1H3. The quantitative estimate of drug-likeness (QED) is 0.183. The maximum Gasteiger partial charge on any atom is 0.0784 e. The normalized spacial score (nSPS) is 11.1. The van der Waals surface area contributed by atoms with E-state index in [4.69, 9.17) is 0 Å². The van der Waals surface area contributed by atoms with Crippen LogP contribution in [0.5, 0.6) is 0 Å². The monoisotopic (exact) mass is 430 g/mol. The second kappa shape index (κ2) is 10.8. The molecule has 0 saturated heterocycles. The minimum atomic E-state index is 1.07. The Bertz CT molecular complexity index is 1080. The molecule has 2 aromatic carbocycles. The van der Waals surface area contributed by atoms with Crippen molar-refractivity contribution in [1.29, 1.82) is 0 Å². The van der Waals surface area contributed by atoms with E-state index in [0.29, 0.717) is 0 Å². The number of benzene rings is 2. The summed E-state index contributed by atoms with van der Waals surface area (Å²) in [5.41, 5.74) is 1.07. The summed E-state index contributed by atoms with van der Waals surface area (Å²) in [6, 6.07) is 19.6. The molecule has 154 valence electrons. The second-order valence-electron chi connectivity index (χ2n) is 8.09. The van der Waals surface area contributed by atoms with Crippen LogP contribution in [-0.2, 0) is 6.42 Å². The lowest BCUT2D eigenvalue weighted by Crippen LogP contribution is -1.83. The van der Waals surface area contributed by atoms with E-state index < -0.39 is 0 Å². The number of hydrogen-bond acceptors (Lipinski definition) is 2. The second-order valence-corrected chi connectivity index (χ2v) is 10.3. The molecule has 0 atom stereocenters. The number of unbranched alkanes of at least 4 members (excludes halogenated alkanes) is 7. The van der Waals surface area contributed by atoms with Gasteiger partial charge in [0.1, 0.15) is 0 Å². The largest absolute Gasteiger partial charge is 0.140 e. The molecular weight excluding hydrogens is 400 g/mol. The first-order valence-electron chi connectivity index (χ1n) is 11.3. The van der Waals surface area contributed by atoms with Crippen LogP contribution < -0.4 is 0 Å². The zero-order valence-corrected chi connectivity index (χ0v) is 19.5. The minimum Gasteiger partial charge on any atom is -0.140 e. The topological polar surface area (TPSA) is 0 Å². The minimum absolute atomic E-state index is 1.07. The molecule has 2 aromatic heterocycles. The molecule has 0 radical (unpaired) electrons. The van der Waals surface area contributed by atoms with E-state index in [2.05, 4.69) is 55.2 Å². The fourth-order valence-electron chi connectivity index (χ4n) is 3.90. The number of fused-ring (bicyclic) bond motifs is 2. The molecule has 0 spiro atoms. The van der Waals surface area contributed by atoms with E-state index in [-0.39, 0.29) is 0 Å². The third kappa shape index (κ3) is 5.75. The molecule has 30 heavy (non-hydrogen) atoms. The van der Waals surface area contributed by atoms with Gasteiger partial charge in [0.25, 0.3) is 0 Å². The Morgan fingerprint density at radius 2 is 1.33 bits per heavy atom. The SMILES string of the molecule is CCCCCCCCCCc1cc2cc3sc(C#Cc4ccccc4)cc3cc2s1. The molecular formula is C28H30S2. The van der Waals surface area contributed by atoms with E-state index in [1.165, 1.54) is 82.8 Å². The highest BCUT2D eigenvalue weighted by molar-refractivity contribution is 7.21. The van der Waals surface area contributed by atoms with Crippen molar-refractivity contribution in [2.75, 3.05) is 0 Å². The van der Waals surface area contributed by atoms with Gasteiger partial charge in [-0.25, -0.2) is 0 Å². The van der Waals surface area contributed by atoms with Crippen LogP contribution in [0.25, 0.3) is 20.2 Å². The molecule has 0 unspecified atom stereocenters. The summed E-state index contributed by atoms with van der Waals surface area (Å²) in [5.74, 6) is 6.61. The van der Waals surface area contributed by atoms with Crippen LogP contribution >= 0.6 is 22.7 Å². The Balaban J connectivity index is 1.35. The van der Waals surface area contributed by atoms with Gasteiger partial charge in [0.15, 0.2) is 0 Å². The average molecular weight is 431 g/mol. The lowest BCUT2D eigenvalue weighted by atomic mass is 10.1. The van der Waals surface area contributed by atoms with Gasteiger partial charge in [0.05, 0.1) is 4.88 Å². The van der Waals surface area contributed by atoms with Gasteiger partial charge in [-0.2, -0.15) is 0 Å². The maximum absolute atomic E-state index is 3.34. The van der Waals surface area contributed by atoms with E-state index in [1.807, 2.05) is 29.5 Å². The van der Waals surface area contributed by atoms with E-state index in [0.717, 1.165) is 10.4 Å². The van der Waals surface area contributed by atoms with Crippen molar-refractivity contribution in [2.45, 2.75) is 64.7 Å². The molecule has 4 aromatic rings. The van der Waals surface area contributed by atoms with Gasteiger partial charge < -0.3 is 0 Å². The zero-order chi connectivity index (χ0) is 20.6. The molecule has 0 amide bonds. The van der Waals surface area contributed by atoms with Gasteiger partial charge in [-0.15, -0.1) is 22.7 Å². The Labute approximate surface area is 189 Å². The Hall–Kier alpha value is -2.08. The van der Waals surface area contributed by atoms with Crippen molar-refractivity contribution < 1.29 is 0 Å². The molecule has 0 saturated carbocycles. The van der Waals surface area contributed by atoms with Gasteiger partial charge in [0, 0.05) is 19.8 Å². The first-order chi connectivity index (χ1) is 14.8. The van der Waals surface area contributed by atoms with E-state index >= 15 is 0 Å². The van der Waals surface area contributed by atoms with Crippen LogP contribution in [0, 0.1) is 11.8 Å². The molecule has 0 aliphatic rings. The Morgan fingerprint density at radius 3 is 2.10 bits per heavy atom. The van der Waals surface area contributed by atoms with Gasteiger partial charge in [0.2, 0.25) is 0 Å². The third-order valence-electron chi connectivity index (χ3n) is 5.59. The van der Waals surface area contributed by atoms with Crippen LogP contribution in [0.3, 0.4) is 0 Å². The average Bonchev–Trinajstić information content (AvgIpc) is 3.35. The lowest BCUT2D eigenvalue weighted by Gasteiger charge is -2.00. The first-order valence-corrected chi connectivity index (χ1v) is 13.0. The molecule has 0 aliphatic heterocycles. The maximum atomic E-state index is 3.34. The Morgan fingerprint density at radius 1 is 0.667 bits per heavy atom. The van der Waals surface area contributed by atoms with Gasteiger partial charge in [-0.1, -0.05) is 81.9 Å². The number of rotatable bonds is 9. The van der Waals surface area contributed by atoms with Crippen LogP contribution in [0.4, 0.5) is 0 Å². The lowest BCUT2D eigenvalue weighted by molar-refractivity contribution is 0.576. The first kappa shape index (κ1) is 21.2. The van der Waals surface area contributed by atoms with Crippen molar-refractivity contribution in [2.24, 2.45) is 0 Å². The molecule has 0 N–H and O–H groups in total. The molecule has 4 rings (SSSR count). The smallest absolute Gasteiger partial charge is 0.0784 e. The van der Waals surface area contributed by atoms with Gasteiger partial charge in [-0.3, -0.25) is 0 Å². The van der Waals surface area contributed by atoms with E-state index in [9.17, 15) is 0 Å². The fourth-order valence-corrected chi connectivity index (χ4v) is 5.98. The summed E-state index contributed by atoms with van der Waals surface area (Å²) in [5, 5.41) is 2.72. The molecule has 0 nitrogen and oxygen atoms in total.